The van der Waals surface area contributed by atoms with Gasteiger partial charge in [0.1, 0.15) is 0 Å². The molecule has 4 bridgehead atoms. The fourth-order valence-corrected chi connectivity index (χ4v) is 7.49. The van der Waals surface area contributed by atoms with Gasteiger partial charge in [-0.05, 0) is 80.8 Å². The molecule has 0 saturated heterocycles. The molecule has 0 unspecified atom stereocenters. The summed E-state index contributed by atoms with van der Waals surface area (Å²) in [7, 11) is 0. The van der Waals surface area contributed by atoms with Crippen LogP contribution in [0.4, 0.5) is 0 Å². The molecular weight excluding hydrogens is 207 g/mol. The second kappa shape index (κ2) is 2.86. The molecule has 0 aliphatic heterocycles. The lowest BCUT2D eigenvalue weighted by Gasteiger charge is -2.59. The van der Waals surface area contributed by atoms with Crippen LogP contribution in [0.25, 0.3) is 0 Å². The van der Waals surface area contributed by atoms with E-state index in [1.807, 2.05) is 0 Å². The topological polar surface area (TPSA) is 0 Å². The fraction of sp³-hybridized carbons (Fsp3) is 1.00. The molecule has 0 aromatic rings. The van der Waals surface area contributed by atoms with Crippen molar-refractivity contribution in [3.8, 4) is 0 Å². The van der Waals surface area contributed by atoms with E-state index in [2.05, 4.69) is 13.3 Å². The highest BCUT2D eigenvalue weighted by Gasteiger charge is 2.53. The van der Waals surface area contributed by atoms with Crippen LogP contribution >= 0.6 is 6.04 Å². The van der Waals surface area contributed by atoms with Gasteiger partial charge in [-0.3, -0.25) is 0 Å². The second-order valence-corrected chi connectivity index (χ2v) is 12.9. The zero-order valence-corrected chi connectivity index (χ0v) is 11.0. The summed E-state index contributed by atoms with van der Waals surface area (Å²) in [5.41, 5.74) is 0. The predicted molar refractivity (Wildman–Crippen MR) is 67.0 cm³/mol. The van der Waals surface area contributed by atoms with E-state index in [4.69, 9.17) is 11.8 Å². The van der Waals surface area contributed by atoms with Crippen molar-refractivity contribution in [2.45, 2.75) is 43.7 Å². The van der Waals surface area contributed by atoms with Crippen molar-refractivity contribution in [1.29, 1.82) is 0 Å². The minimum atomic E-state index is -1.03. The van der Waals surface area contributed by atoms with Crippen molar-refractivity contribution >= 4 is 17.8 Å². The van der Waals surface area contributed by atoms with Gasteiger partial charge in [0, 0.05) is 0 Å². The van der Waals surface area contributed by atoms with Gasteiger partial charge in [0.25, 0.3) is 0 Å². The van der Waals surface area contributed by atoms with E-state index in [1.54, 1.807) is 19.3 Å². The minimum Gasteiger partial charge on any atom is -0.0975 e. The summed E-state index contributed by atoms with van der Waals surface area (Å²) in [5.74, 6) is 3.22. The molecule has 0 heterocycles. The Morgan fingerprint density at radius 3 is 1.57 bits per heavy atom. The van der Waals surface area contributed by atoms with Crippen LogP contribution in [0.15, 0.2) is 0 Å². The molecule has 0 amide bonds. The van der Waals surface area contributed by atoms with Crippen molar-refractivity contribution in [3.63, 3.8) is 0 Å². The zero-order valence-electron chi connectivity index (χ0n) is 9.33. The second-order valence-electron chi connectivity index (χ2n) is 6.49. The van der Waals surface area contributed by atoms with Gasteiger partial charge in [-0.15, -0.1) is 0 Å². The average molecular weight is 228 g/mol. The van der Waals surface area contributed by atoms with Crippen molar-refractivity contribution in [1.82, 2.24) is 0 Å². The fourth-order valence-electron chi connectivity index (χ4n) is 4.72. The van der Waals surface area contributed by atoms with Crippen LogP contribution in [-0.2, 0) is 11.8 Å². The molecule has 4 fully saturated rings. The van der Waals surface area contributed by atoms with E-state index >= 15 is 0 Å². The Balaban J connectivity index is 1.99. The summed E-state index contributed by atoms with van der Waals surface area (Å²) in [6.45, 7) is 4.82. The molecule has 14 heavy (non-hydrogen) atoms. The third kappa shape index (κ3) is 1.28. The van der Waals surface area contributed by atoms with Crippen molar-refractivity contribution in [2.24, 2.45) is 17.8 Å². The van der Waals surface area contributed by atoms with Gasteiger partial charge < -0.3 is 0 Å². The maximum Gasteiger partial charge on any atom is -0.000105 e. The van der Waals surface area contributed by atoms with Gasteiger partial charge in [0.15, 0.2) is 0 Å². The van der Waals surface area contributed by atoms with E-state index in [0.29, 0.717) is 5.16 Å². The van der Waals surface area contributed by atoms with Crippen LogP contribution in [-0.4, -0.2) is 18.5 Å². The van der Waals surface area contributed by atoms with Gasteiger partial charge in [-0.25, -0.2) is 0 Å². The highest BCUT2D eigenvalue weighted by atomic mass is 32.4. The monoisotopic (exact) mass is 228 g/mol. The molecule has 0 aromatic carbocycles. The van der Waals surface area contributed by atoms with Crippen LogP contribution < -0.4 is 0 Å². The minimum absolute atomic E-state index is 0.664. The molecule has 4 rings (SSSR count). The Morgan fingerprint density at radius 2 is 1.29 bits per heavy atom. The maximum atomic E-state index is 5.89. The Bertz CT molecular complexity index is 266. The summed E-state index contributed by atoms with van der Waals surface area (Å²) < 4.78 is 0. The van der Waals surface area contributed by atoms with Gasteiger partial charge in [-0.1, -0.05) is 11.8 Å². The molecule has 0 spiro atoms. The molecule has 0 aromatic heterocycles. The van der Waals surface area contributed by atoms with E-state index in [1.165, 1.54) is 19.3 Å². The Hall–Kier alpha value is 0.650. The molecule has 4 aliphatic carbocycles. The van der Waals surface area contributed by atoms with Crippen molar-refractivity contribution < 1.29 is 0 Å². The third-order valence-electron chi connectivity index (χ3n) is 5.15. The van der Waals surface area contributed by atoms with Crippen molar-refractivity contribution in [3.05, 3.63) is 0 Å². The normalized spacial score (nSPS) is 51.1. The number of rotatable bonds is 1. The van der Waals surface area contributed by atoms with Crippen LogP contribution in [0.3, 0.4) is 0 Å². The molecule has 4 saturated carbocycles. The van der Waals surface area contributed by atoms with E-state index in [0.717, 1.165) is 17.8 Å². The molecule has 0 atom stereocenters. The standard InChI is InChI=1S/C12H21PS/c1-13(2,14)12-6-9-3-10(7-12)5-11(4-9)8-12/h9-11H,3-8H2,1-2H3. The SMILES string of the molecule is CP(C)(=S)C12CC3CC(CC(C3)C1)C2. The lowest BCUT2D eigenvalue weighted by molar-refractivity contribution is 0.0357. The Kier molecular flexibility index (Phi) is 2.01. The van der Waals surface area contributed by atoms with E-state index in [9.17, 15) is 0 Å². The summed E-state index contributed by atoms with van der Waals surface area (Å²) in [4.78, 5) is 0. The van der Waals surface area contributed by atoms with E-state index < -0.39 is 6.04 Å². The van der Waals surface area contributed by atoms with Crippen LogP contribution in [0.2, 0.25) is 0 Å². The van der Waals surface area contributed by atoms with Gasteiger partial charge >= 0.3 is 0 Å². The van der Waals surface area contributed by atoms with Crippen LogP contribution in [0.1, 0.15) is 38.5 Å². The molecule has 4 aliphatic rings. The van der Waals surface area contributed by atoms with Gasteiger partial charge in [0.05, 0.1) is 0 Å². The smallest absolute Gasteiger partial charge is 0.000105 e. The van der Waals surface area contributed by atoms with Crippen molar-refractivity contribution in [2.75, 3.05) is 13.3 Å². The van der Waals surface area contributed by atoms with Gasteiger partial charge in [-0.2, -0.15) is 0 Å². The highest BCUT2D eigenvalue weighted by Crippen LogP contribution is 2.69. The average Bonchev–Trinajstić information content (AvgIpc) is 1.98. The molecule has 0 N–H and O–H groups in total. The number of hydrogen-bond acceptors (Lipinski definition) is 1. The molecule has 0 radical (unpaired) electrons. The molecule has 2 heteroatoms. The largest absolute Gasteiger partial charge is 0.0975 e. The summed E-state index contributed by atoms with van der Waals surface area (Å²) in [6, 6.07) is -1.03. The van der Waals surface area contributed by atoms with Crippen LogP contribution in [0.5, 0.6) is 0 Å². The zero-order chi connectivity index (χ0) is 9.97. The quantitative estimate of drug-likeness (QED) is 0.617. The Morgan fingerprint density at radius 1 is 0.929 bits per heavy atom. The maximum absolute atomic E-state index is 5.89. The number of hydrogen-bond donors (Lipinski definition) is 0. The van der Waals surface area contributed by atoms with Crippen LogP contribution in [0, 0.1) is 17.8 Å². The highest BCUT2D eigenvalue weighted by molar-refractivity contribution is 8.14. The molecular formula is C12H21PS. The first kappa shape index (κ1) is 9.85. The third-order valence-corrected chi connectivity index (χ3v) is 9.14. The summed E-state index contributed by atoms with van der Waals surface area (Å²) in [6.07, 6.45) is 9.16. The first-order valence-electron chi connectivity index (χ1n) is 6.04. The van der Waals surface area contributed by atoms with E-state index in [-0.39, 0.29) is 0 Å². The summed E-state index contributed by atoms with van der Waals surface area (Å²) >= 11 is 5.89. The first-order chi connectivity index (χ1) is 6.48. The molecule has 0 nitrogen and oxygen atoms in total. The first-order valence-corrected chi connectivity index (χ1v) is 9.73. The molecule has 80 valence electrons. The summed E-state index contributed by atoms with van der Waals surface area (Å²) in [5, 5.41) is 0.664. The van der Waals surface area contributed by atoms with Gasteiger partial charge in [0.2, 0.25) is 0 Å². The Labute approximate surface area is 92.9 Å². The lowest BCUT2D eigenvalue weighted by atomic mass is 9.56. The lowest BCUT2D eigenvalue weighted by Crippen LogP contribution is -2.49. The predicted octanol–water partition coefficient (Wildman–Crippen LogP) is 3.69.